The third-order valence-corrected chi connectivity index (χ3v) is 6.00. The SMILES string of the molecule is C=CCN(Cc1ccc(C#N)cc1)C(=O)CCn1cnc2sc(C)c(C)c2c1=O. The summed E-state index contributed by atoms with van der Waals surface area (Å²) in [5.74, 6) is -0.0699. The van der Waals surface area contributed by atoms with Crippen LogP contribution in [0, 0.1) is 25.2 Å². The van der Waals surface area contributed by atoms with Crippen LogP contribution in [0.15, 0.2) is 48.0 Å². The Morgan fingerprint density at radius 2 is 2.07 bits per heavy atom. The number of benzene rings is 1. The average Bonchev–Trinajstić information content (AvgIpc) is 3.02. The van der Waals surface area contributed by atoms with E-state index in [0.717, 1.165) is 20.8 Å². The molecule has 2 aromatic heterocycles. The largest absolute Gasteiger partial charge is 0.335 e. The second kappa shape index (κ2) is 8.84. The minimum absolute atomic E-state index is 0.0699. The molecular weight excluding hydrogens is 384 g/mol. The van der Waals surface area contributed by atoms with E-state index in [2.05, 4.69) is 17.6 Å². The van der Waals surface area contributed by atoms with Gasteiger partial charge in [0.2, 0.25) is 5.91 Å². The van der Waals surface area contributed by atoms with Crippen LogP contribution in [-0.2, 0) is 17.9 Å². The lowest BCUT2D eigenvalue weighted by Crippen LogP contribution is -2.32. The van der Waals surface area contributed by atoms with Crippen molar-refractivity contribution >= 4 is 27.5 Å². The van der Waals surface area contributed by atoms with Crippen molar-refractivity contribution in [1.82, 2.24) is 14.5 Å². The standard InChI is InChI=1S/C22H22N4O2S/c1-4-10-25(13-18-7-5-17(12-23)6-8-18)19(27)9-11-26-14-24-21-20(22(26)28)15(2)16(3)29-21/h4-8,14H,1,9-11,13H2,2-3H3. The van der Waals surface area contributed by atoms with Crippen LogP contribution >= 0.6 is 11.3 Å². The van der Waals surface area contributed by atoms with Crippen molar-refractivity contribution in [3.05, 3.63) is 75.2 Å². The molecule has 0 radical (unpaired) electrons. The van der Waals surface area contributed by atoms with Gasteiger partial charge in [0, 0.05) is 30.9 Å². The summed E-state index contributed by atoms with van der Waals surface area (Å²) in [5, 5.41) is 9.55. The molecule has 0 aliphatic carbocycles. The predicted molar refractivity (Wildman–Crippen MR) is 115 cm³/mol. The summed E-state index contributed by atoms with van der Waals surface area (Å²) >= 11 is 1.51. The predicted octanol–water partition coefficient (Wildman–Crippen LogP) is 3.55. The minimum Gasteiger partial charge on any atom is -0.335 e. The molecule has 29 heavy (non-hydrogen) atoms. The van der Waals surface area contributed by atoms with E-state index >= 15 is 0 Å². The first-order valence-electron chi connectivity index (χ1n) is 9.27. The molecule has 0 bridgehead atoms. The Hall–Kier alpha value is -3.24. The quantitative estimate of drug-likeness (QED) is 0.562. The topological polar surface area (TPSA) is 79.0 Å². The van der Waals surface area contributed by atoms with Gasteiger partial charge in [-0.05, 0) is 37.1 Å². The summed E-state index contributed by atoms with van der Waals surface area (Å²) in [6, 6.07) is 9.23. The Kier molecular flexibility index (Phi) is 6.25. The lowest BCUT2D eigenvalue weighted by Gasteiger charge is -2.21. The van der Waals surface area contributed by atoms with E-state index < -0.39 is 0 Å². The highest BCUT2D eigenvalue weighted by atomic mass is 32.1. The number of amides is 1. The smallest absolute Gasteiger partial charge is 0.262 e. The van der Waals surface area contributed by atoms with Gasteiger partial charge >= 0.3 is 0 Å². The molecule has 3 rings (SSSR count). The van der Waals surface area contributed by atoms with E-state index in [1.165, 1.54) is 22.2 Å². The lowest BCUT2D eigenvalue weighted by atomic mass is 10.1. The van der Waals surface area contributed by atoms with Crippen molar-refractivity contribution in [2.24, 2.45) is 0 Å². The van der Waals surface area contributed by atoms with Gasteiger partial charge in [-0.1, -0.05) is 18.2 Å². The normalized spacial score (nSPS) is 10.7. The zero-order valence-electron chi connectivity index (χ0n) is 16.5. The van der Waals surface area contributed by atoms with Crippen molar-refractivity contribution in [2.75, 3.05) is 6.54 Å². The monoisotopic (exact) mass is 406 g/mol. The van der Waals surface area contributed by atoms with E-state index in [-0.39, 0.29) is 24.4 Å². The lowest BCUT2D eigenvalue weighted by molar-refractivity contribution is -0.131. The molecule has 1 amide bonds. The second-order valence-corrected chi connectivity index (χ2v) is 8.03. The van der Waals surface area contributed by atoms with E-state index in [9.17, 15) is 9.59 Å². The van der Waals surface area contributed by atoms with Gasteiger partial charge in [-0.3, -0.25) is 14.2 Å². The van der Waals surface area contributed by atoms with Crippen molar-refractivity contribution in [2.45, 2.75) is 33.4 Å². The highest BCUT2D eigenvalue weighted by Gasteiger charge is 2.16. The number of rotatable bonds is 7. The molecule has 0 N–H and O–H groups in total. The molecule has 2 heterocycles. The number of hydrogen-bond acceptors (Lipinski definition) is 5. The Morgan fingerprint density at radius 1 is 1.34 bits per heavy atom. The van der Waals surface area contributed by atoms with Crippen LogP contribution in [0.3, 0.4) is 0 Å². The number of aromatic nitrogens is 2. The fourth-order valence-electron chi connectivity index (χ4n) is 3.12. The Bertz CT molecular complexity index is 1150. The van der Waals surface area contributed by atoms with Gasteiger partial charge in [0.05, 0.1) is 23.3 Å². The number of thiophene rings is 1. The summed E-state index contributed by atoms with van der Waals surface area (Å²) in [4.78, 5) is 33.4. The van der Waals surface area contributed by atoms with E-state index in [1.54, 1.807) is 23.1 Å². The molecule has 6 nitrogen and oxygen atoms in total. The van der Waals surface area contributed by atoms with Gasteiger partial charge in [-0.2, -0.15) is 5.26 Å². The van der Waals surface area contributed by atoms with Crippen LogP contribution < -0.4 is 5.56 Å². The van der Waals surface area contributed by atoms with Crippen LogP contribution in [0.4, 0.5) is 0 Å². The number of aryl methyl sites for hydroxylation is 3. The summed E-state index contributed by atoms with van der Waals surface area (Å²) in [6.45, 7) is 8.74. The molecule has 0 unspecified atom stereocenters. The third kappa shape index (κ3) is 4.44. The first-order valence-corrected chi connectivity index (χ1v) is 10.1. The van der Waals surface area contributed by atoms with Gasteiger partial charge in [-0.25, -0.2) is 4.98 Å². The van der Waals surface area contributed by atoms with Crippen LogP contribution in [-0.4, -0.2) is 26.9 Å². The molecule has 0 fully saturated rings. The highest BCUT2D eigenvalue weighted by Crippen LogP contribution is 2.25. The van der Waals surface area contributed by atoms with E-state index in [0.29, 0.717) is 24.0 Å². The Morgan fingerprint density at radius 3 is 2.72 bits per heavy atom. The fraction of sp³-hybridized carbons (Fsp3) is 0.273. The second-order valence-electron chi connectivity index (χ2n) is 6.83. The molecule has 0 aliphatic rings. The third-order valence-electron chi connectivity index (χ3n) is 4.88. The number of nitrogens with zero attached hydrogens (tertiary/aromatic N) is 4. The van der Waals surface area contributed by atoms with Crippen LogP contribution in [0.25, 0.3) is 10.2 Å². The number of carbonyl (C=O) groups excluding carboxylic acids is 1. The van der Waals surface area contributed by atoms with Gasteiger partial charge in [0.1, 0.15) is 4.83 Å². The summed E-state index contributed by atoms with van der Waals surface area (Å²) in [5.41, 5.74) is 2.37. The summed E-state index contributed by atoms with van der Waals surface area (Å²) in [6.07, 6.45) is 3.39. The number of fused-ring (bicyclic) bond motifs is 1. The van der Waals surface area contributed by atoms with Crippen molar-refractivity contribution < 1.29 is 4.79 Å². The van der Waals surface area contributed by atoms with Crippen molar-refractivity contribution in [1.29, 1.82) is 5.26 Å². The molecule has 1 aromatic carbocycles. The molecule has 0 saturated heterocycles. The van der Waals surface area contributed by atoms with Crippen molar-refractivity contribution in [3.8, 4) is 6.07 Å². The first kappa shape index (κ1) is 20.5. The molecule has 3 aromatic rings. The molecule has 0 aliphatic heterocycles. The Balaban J connectivity index is 1.73. The van der Waals surface area contributed by atoms with E-state index in [4.69, 9.17) is 5.26 Å². The fourth-order valence-corrected chi connectivity index (χ4v) is 4.11. The van der Waals surface area contributed by atoms with Crippen LogP contribution in [0.1, 0.15) is 28.0 Å². The average molecular weight is 407 g/mol. The maximum atomic E-state index is 12.8. The van der Waals surface area contributed by atoms with Crippen LogP contribution in [0.5, 0.6) is 0 Å². The molecule has 0 spiro atoms. The maximum absolute atomic E-state index is 12.8. The zero-order valence-corrected chi connectivity index (χ0v) is 17.3. The van der Waals surface area contributed by atoms with Gasteiger partial charge in [-0.15, -0.1) is 17.9 Å². The summed E-state index contributed by atoms with van der Waals surface area (Å²) < 4.78 is 1.51. The Labute approximate surface area is 173 Å². The number of hydrogen-bond donors (Lipinski definition) is 0. The van der Waals surface area contributed by atoms with Gasteiger partial charge < -0.3 is 4.90 Å². The molecule has 148 valence electrons. The minimum atomic E-state index is -0.105. The highest BCUT2D eigenvalue weighted by molar-refractivity contribution is 7.18. The maximum Gasteiger partial charge on any atom is 0.262 e. The molecule has 0 saturated carbocycles. The van der Waals surface area contributed by atoms with Crippen molar-refractivity contribution in [3.63, 3.8) is 0 Å². The van der Waals surface area contributed by atoms with Gasteiger partial charge in [0.15, 0.2) is 0 Å². The summed E-state index contributed by atoms with van der Waals surface area (Å²) in [7, 11) is 0. The zero-order chi connectivity index (χ0) is 21.0. The van der Waals surface area contributed by atoms with E-state index in [1.807, 2.05) is 26.0 Å². The molecule has 0 atom stereocenters. The first-order chi connectivity index (χ1) is 13.9. The number of nitriles is 1. The molecule has 7 heteroatoms. The number of carbonyl (C=O) groups is 1. The van der Waals surface area contributed by atoms with Gasteiger partial charge in [0.25, 0.3) is 5.56 Å². The van der Waals surface area contributed by atoms with Crippen LogP contribution in [0.2, 0.25) is 0 Å². The molecular formula is C22H22N4O2S.